The van der Waals surface area contributed by atoms with Crippen LogP contribution in [0, 0.1) is 0 Å². The molecule has 3 rings (SSSR count). The van der Waals surface area contributed by atoms with E-state index in [9.17, 15) is 18.0 Å². The SMILES string of the molecule is O=C(Nc1cccc2c1Cc1ccccc1-2)C(F)(F)F. The third-order valence-electron chi connectivity index (χ3n) is 3.36. The summed E-state index contributed by atoms with van der Waals surface area (Å²) in [4.78, 5) is 11.1. The fourth-order valence-corrected chi connectivity index (χ4v) is 2.47. The smallest absolute Gasteiger partial charge is 0.318 e. The van der Waals surface area contributed by atoms with Crippen LogP contribution >= 0.6 is 0 Å². The summed E-state index contributed by atoms with van der Waals surface area (Å²) >= 11 is 0. The Morgan fingerprint density at radius 2 is 1.70 bits per heavy atom. The maximum Gasteiger partial charge on any atom is 0.471 e. The van der Waals surface area contributed by atoms with Crippen molar-refractivity contribution in [2.24, 2.45) is 0 Å². The highest BCUT2D eigenvalue weighted by molar-refractivity contribution is 5.97. The number of carbonyl (C=O) groups is 1. The Morgan fingerprint density at radius 1 is 1.00 bits per heavy atom. The number of anilines is 1. The number of alkyl halides is 3. The van der Waals surface area contributed by atoms with Crippen LogP contribution in [0.25, 0.3) is 11.1 Å². The van der Waals surface area contributed by atoms with Gasteiger partial charge >= 0.3 is 12.1 Å². The molecule has 0 heterocycles. The van der Waals surface area contributed by atoms with Crippen molar-refractivity contribution >= 4 is 11.6 Å². The van der Waals surface area contributed by atoms with E-state index in [1.54, 1.807) is 6.07 Å². The molecule has 0 unspecified atom stereocenters. The van der Waals surface area contributed by atoms with Gasteiger partial charge in [-0.05, 0) is 28.3 Å². The molecule has 0 atom stereocenters. The Labute approximate surface area is 113 Å². The molecule has 1 amide bonds. The molecular formula is C15H10F3NO. The highest BCUT2D eigenvalue weighted by Crippen LogP contribution is 2.40. The topological polar surface area (TPSA) is 29.1 Å². The van der Waals surface area contributed by atoms with Crippen molar-refractivity contribution in [1.29, 1.82) is 0 Å². The molecule has 0 saturated heterocycles. The summed E-state index contributed by atoms with van der Waals surface area (Å²) in [5.41, 5.74) is 3.88. The van der Waals surface area contributed by atoms with Crippen LogP contribution < -0.4 is 5.32 Å². The highest BCUT2D eigenvalue weighted by Gasteiger charge is 2.39. The lowest BCUT2D eigenvalue weighted by Gasteiger charge is -2.11. The predicted molar refractivity (Wildman–Crippen MR) is 69.4 cm³/mol. The number of hydrogen-bond donors (Lipinski definition) is 1. The van der Waals surface area contributed by atoms with Gasteiger partial charge in [-0.3, -0.25) is 4.79 Å². The Kier molecular flexibility index (Phi) is 2.78. The molecule has 2 aromatic carbocycles. The lowest BCUT2D eigenvalue weighted by molar-refractivity contribution is -0.167. The van der Waals surface area contributed by atoms with Crippen molar-refractivity contribution in [3.05, 3.63) is 53.6 Å². The van der Waals surface area contributed by atoms with E-state index in [0.29, 0.717) is 6.42 Å². The van der Waals surface area contributed by atoms with E-state index in [4.69, 9.17) is 0 Å². The van der Waals surface area contributed by atoms with E-state index in [2.05, 4.69) is 0 Å². The van der Waals surface area contributed by atoms with Gasteiger partial charge in [0, 0.05) is 12.1 Å². The average Bonchev–Trinajstić information content (AvgIpc) is 2.77. The summed E-state index contributed by atoms with van der Waals surface area (Å²) < 4.78 is 37.0. The summed E-state index contributed by atoms with van der Waals surface area (Å²) in [6.45, 7) is 0. The molecule has 0 fully saturated rings. The van der Waals surface area contributed by atoms with Gasteiger partial charge in [-0.25, -0.2) is 0 Å². The molecule has 1 aliphatic carbocycles. The lowest BCUT2D eigenvalue weighted by atomic mass is 10.0. The van der Waals surface area contributed by atoms with Crippen LogP contribution in [0.5, 0.6) is 0 Å². The van der Waals surface area contributed by atoms with E-state index < -0.39 is 12.1 Å². The normalized spacial score (nSPS) is 12.8. The molecule has 0 bridgehead atoms. The molecule has 0 aliphatic heterocycles. The van der Waals surface area contributed by atoms with Gasteiger partial charge in [0.1, 0.15) is 0 Å². The zero-order valence-corrected chi connectivity index (χ0v) is 10.3. The summed E-state index contributed by atoms with van der Waals surface area (Å²) in [6.07, 6.45) is -4.35. The number of benzene rings is 2. The maximum absolute atomic E-state index is 12.3. The molecule has 2 nitrogen and oxygen atoms in total. The van der Waals surface area contributed by atoms with Crippen molar-refractivity contribution in [2.75, 3.05) is 5.32 Å². The predicted octanol–water partition coefficient (Wildman–Crippen LogP) is 3.76. The average molecular weight is 277 g/mol. The van der Waals surface area contributed by atoms with Crippen LogP contribution in [-0.4, -0.2) is 12.1 Å². The Morgan fingerprint density at radius 3 is 2.45 bits per heavy atom. The summed E-state index contributed by atoms with van der Waals surface area (Å²) in [5.74, 6) is -1.94. The minimum atomic E-state index is -4.88. The van der Waals surface area contributed by atoms with Gasteiger partial charge in [0.2, 0.25) is 0 Å². The fraction of sp³-hybridized carbons (Fsp3) is 0.133. The highest BCUT2D eigenvalue weighted by atomic mass is 19.4. The number of hydrogen-bond acceptors (Lipinski definition) is 1. The number of fused-ring (bicyclic) bond motifs is 3. The molecule has 0 aromatic heterocycles. The van der Waals surface area contributed by atoms with Crippen molar-refractivity contribution in [1.82, 2.24) is 0 Å². The van der Waals surface area contributed by atoms with Gasteiger partial charge in [0.25, 0.3) is 0 Å². The minimum Gasteiger partial charge on any atom is -0.318 e. The van der Waals surface area contributed by atoms with Crippen LogP contribution in [0.4, 0.5) is 18.9 Å². The van der Waals surface area contributed by atoms with Gasteiger partial charge < -0.3 is 5.32 Å². The van der Waals surface area contributed by atoms with E-state index in [0.717, 1.165) is 22.3 Å². The first-order valence-corrected chi connectivity index (χ1v) is 6.05. The first-order chi connectivity index (χ1) is 9.47. The maximum atomic E-state index is 12.3. The molecule has 102 valence electrons. The molecule has 0 spiro atoms. The zero-order chi connectivity index (χ0) is 14.3. The van der Waals surface area contributed by atoms with E-state index in [1.165, 1.54) is 6.07 Å². The Balaban J connectivity index is 2.00. The van der Waals surface area contributed by atoms with Gasteiger partial charge in [0.05, 0.1) is 0 Å². The molecule has 5 heteroatoms. The first kappa shape index (κ1) is 12.7. The number of amides is 1. The first-order valence-electron chi connectivity index (χ1n) is 6.05. The second kappa shape index (κ2) is 4.37. The minimum absolute atomic E-state index is 0.223. The van der Waals surface area contributed by atoms with Crippen LogP contribution in [0.1, 0.15) is 11.1 Å². The summed E-state index contributed by atoms with van der Waals surface area (Å²) in [7, 11) is 0. The quantitative estimate of drug-likeness (QED) is 0.721. The van der Waals surface area contributed by atoms with E-state index in [-0.39, 0.29) is 5.69 Å². The molecule has 0 radical (unpaired) electrons. The lowest BCUT2D eigenvalue weighted by Crippen LogP contribution is -2.30. The standard InChI is InChI=1S/C15H10F3NO/c16-15(17,18)14(20)19-13-7-3-6-11-10-5-2-1-4-9(10)8-12(11)13/h1-7H,8H2,(H,19,20). The van der Waals surface area contributed by atoms with Gasteiger partial charge in [0.15, 0.2) is 0 Å². The molecule has 1 N–H and O–H groups in total. The van der Waals surface area contributed by atoms with E-state index >= 15 is 0 Å². The van der Waals surface area contributed by atoms with E-state index in [1.807, 2.05) is 35.6 Å². The van der Waals surface area contributed by atoms with Gasteiger partial charge in [-0.15, -0.1) is 0 Å². The second-order valence-electron chi connectivity index (χ2n) is 4.62. The third kappa shape index (κ3) is 2.05. The van der Waals surface area contributed by atoms with Crippen molar-refractivity contribution < 1.29 is 18.0 Å². The van der Waals surface area contributed by atoms with Crippen LogP contribution in [-0.2, 0) is 11.2 Å². The molecule has 0 saturated carbocycles. The summed E-state index contributed by atoms with van der Waals surface area (Å²) in [5, 5.41) is 1.95. The molecule has 20 heavy (non-hydrogen) atoms. The summed E-state index contributed by atoms with van der Waals surface area (Å²) in [6, 6.07) is 12.6. The second-order valence-corrected chi connectivity index (χ2v) is 4.62. The van der Waals surface area contributed by atoms with Crippen molar-refractivity contribution in [3.8, 4) is 11.1 Å². The van der Waals surface area contributed by atoms with Crippen LogP contribution in [0.3, 0.4) is 0 Å². The molecule has 1 aliphatic rings. The largest absolute Gasteiger partial charge is 0.471 e. The Hall–Kier alpha value is -2.30. The molecule has 2 aromatic rings. The molecular weight excluding hydrogens is 267 g/mol. The van der Waals surface area contributed by atoms with Gasteiger partial charge in [-0.1, -0.05) is 36.4 Å². The van der Waals surface area contributed by atoms with Gasteiger partial charge in [-0.2, -0.15) is 13.2 Å². The Bertz CT molecular complexity index is 692. The van der Waals surface area contributed by atoms with Crippen LogP contribution in [0.2, 0.25) is 0 Å². The van der Waals surface area contributed by atoms with Crippen molar-refractivity contribution in [2.45, 2.75) is 12.6 Å². The van der Waals surface area contributed by atoms with Crippen LogP contribution in [0.15, 0.2) is 42.5 Å². The fourth-order valence-electron chi connectivity index (χ4n) is 2.47. The number of carbonyl (C=O) groups excluding carboxylic acids is 1. The van der Waals surface area contributed by atoms with Crippen molar-refractivity contribution in [3.63, 3.8) is 0 Å². The number of rotatable bonds is 1. The zero-order valence-electron chi connectivity index (χ0n) is 10.3. The third-order valence-corrected chi connectivity index (χ3v) is 3.36. The number of nitrogens with one attached hydrogen (secondary N) is 1. The monoisotopic (exact) mass is 277 g/mol. The number of halogens is 3.